The quantitative estimate of drug-likeness (QED) is 0.871. The lowest BCUT2D eigenvalue weighted by Gasteiger charge is -2.28. The maximum Gasteiger partial charge on any atom is 0.124 e. The van der Waals surface area contributed by atoms with Crippen LogP contribution in [0.25, 0.3) is 0 Å². The molecule has 2 nitrogen and oxygen atoms in total. The van der Waals surface area contributed by atoms with Crippen LogP contribution in [-0.4, -0.2) is 13.2 Å². The SMILES string of the molecule is c1ccc2c(c1)OCCC2NCC(C1CC1)C1CC1. The first-order chi connectivity index (χ1) is 9.42. The molecule has 4 rings (SSSR count). The number of benzene rings is 1. The van der Waals surface area contributed by atoms with Crippen LogP contribution in [0.15, 0.2) is 24.3 Å². The normalized spacial score (nSPS) is 26.1. The number of rotatable bonds is 5. The minimum absolute atomic E-state index is 0.505. The molecule has 2 fully saturated rings. The molecule has 0 aromatic heterocycles. The first-order valence-electron chi connectivity index (χ1n) is 7.87. The second-order valence-electron chi connectivity index (χ2n) is 6.47. The predicted octanol–water partition coefficient (Wildman–Crippen LogP) is 3.54. The van der Waals surface area contributed by atoms with Crippen molar-refractivity contribution in [1.82, 2.24) is 5.32 Å². The van der Waals surface area contributed by atoms with E-state index in [-0.39, 0.29) is 0 Å². The van der Waals surface area contributed by atoms with Crippen molar-refractivity contribution in [3.63, 3.8) is 0 Å². The average Bonchev–Trinajstić information content (AvgIpc) is 3.33. The summed E-state index contributed by atoms with van der Waals surface area (Å²) in [5.41, 5.74) is 1.36. The zero-order valence-corrected chi connectivity index (χ0v) is 11.5. The highest BCUT2D eigenvalue weighted by atomic mass is 16.5. The van der Waals surface area contributed by atoms with Gasteiger partial charge in [0.2, 0.25) is 0 Å². The second-order valence-corrected chi connectivity index (χ2v) is 6.47. The molecule has 1 heterocycles. The largest absolute Gasteiger partial charge is 0.493 e. The molecule has 0 spiro atoms. The summed E-state index contributed by atoms with van der Waals surface area (Å²) in [4.78, 5) is 0. The Kier molecular flexibility index (Phi) is 2.99. The summed E-state index contributed by atoms with van der Waals surface area (Å²) in [6.07, 6.45) is 7.03. The van der Waals surface area contributed by atoms with Crippen molar-refractivity contribution in [1.29, 1.82) is 0 Å². The molecule has 1 aliphatic heterocycles. The molecule has 2 heteroatoms. The fraction of sp³-hybridized carbons (Fsp3) is 0.647. The molecule has 0 amide bonds. The van der Waals surface area contributed by atoms with Crippen LogP contribution in [-0.2, 0) is 0 Å². The van der Waals surface area contributed by atoms with Crippen molar-refractivity contribution in [2.24, 2.45) is 17.8 Å². The van der Waals surface area contributed by atoms with Crippen LogP contribution in [0.1, 0.15) is 43.7 Å². The van der Waals surface area contributed by atoms with Crippen molar-refractivity contribution >= 4 is 0 Å². The minimum atomic E-state index is 0.505. The van der Waals surface area contributed by atoms with Crippen LogP contribution in [0.3, 0.4) is 0 Å². The average molecular weight is 257 g/mol. The van der Waals surface area contributed by atoms with Crippen molar-refractivity contribution < 1.29 is 4.74 Å². The number of hydrogen-bond acceptors (Lipinski definition) is 2. The number of fused-ring (bicyclic) bond motifs is 1. The van der Waals surface area contributed by atoms with Crippen LogP contribution < -0.4 is 10.1 Å². The van der Waals surface area contributed by atoms with Gasteiger partial charge in [0.05, 0.1) is 6.61 Å². The molecule has 3 aliphatic rings. The van der Waals surface area contributed by atoms with E-state index >= 15 is 0 Å². The molecule has 0 saturated heterocycles. The topological polar surface area (TPSA) is 21.3 Å². The molecule has 0 bridgehead atoms. The van der Waals surface area contributed by atoms with E-state index in [1.807, 2.05) is 0 Å². The zero-order valence-electron chi connectivity index (χ0n) is 11.5. The Morgan fingerprint density at radius 2 is 1.79 bits per heavy atom. The van der Waals surface area contributed by atoms with Crippen LogP contribution in [0.5, 0.6) is 5.75 Å². The van der Waals surface area contributed by atoms with Gasteiger partial charge in [-0.15, -0.1) is 0 Å². The van der Waals surface area contributed by atoms with Crippen LogP contribution in [0.4, 0.5) is 0 Å². The lowest BCUT2D eigenvalue weighted by molar-refractivity contribution is 0.243. The highest BCUT2D eigenvalue weighted by Gasteiger charge is 2.41. The molecule has 1 atom stereocenters. The predicted molar refractivity (Wildman–Crippen MR) is 76.2 cm³/mol. The Morgan fingerprint density at radius 3 is 2.53 bits per heavy atom. The Balaban J connectivity index is 1.42. The van der Waals surface area contributed by atoms with Crippen molar-refractivity contribution in [3.8, 4) is 5.75 Å². The van der Waals surface area contributed by atoms with E-state index in [0.717, 1.165) is 36.5 Å². The molecule has 1 N–H and O–H groups in total. The summed E-state index contributed by atoms with van der Waals surface area (Å²) < 4.78 is 5.74. The van der Waals surface area contributed by atoms with Crippen LogP contribution in [0.2, 0.25) is 0 Å². The van der Waals surface area contributed by atoms with Gasteiger partial charge in [0, 0.05) is 18.0 Å². The van der Waals surface area contributed by atoms with Gasteiger partial charge in [0.15, 0.2) is 0 Å². The standard InChI is InChI=1S/C17H23NO/c1-2-4-17-14(3-1)16(9-10-19-17)18-11-15(12-5-6-12)13-7-8-13/h1-4,12-13,15-16,18H,5-11H2. The van der Waals surface area contributed by atoms with E-state index in [1.54, 1.807) is 0 Å². The number of ether oxygens (including phenoxy) is 1. The summed E-state index contributed by atoms with van der Waals surface area (Å²) >= 11 is 0. The van der Waals surface area contributed by atoms with E-state index in [9.17, 15) is 0 Å². The summed E-state index contributed by atoms with van der Waals surface area (Å²) in [5.74, 6) is 4.11. The van der Waals surface area contributed by atoms with E-state index in [0.29, 0.717) is 6.04 Å². The maximum absolute atomic E-state index is 5.74. The maximum atomic E-state index is 5.74. The van der Waals surface area contributed by atoms with Gasteiger partial charge in [-0.1, -0.05) is 18.2 Å². The fourth-order valence-corrected chi connectivity index (χ4v) is 3.60. The highest BCUT2D eigenvalue weighted by Crippen LogP contribution is 2.49. The number of para-hydroxylation sites is 1. The Bertz CT molecular complexity index is 438. The lowest BCUT2D eigenvalue weighted by Crippen LogP contribution is -2.32. The van der Waals surface area contributed by atoms with Gasteiger partial charge in [-0.25, -0.2) is 0 Å². The molecular weight excluding hydrogens is 234 g/mol. The van der Waals surface area contributed by atoms with E-state index in [2.05, 4.69) is 29.6 Å². The molecule has 0 radical (unpaired) electrons. The van der Waals surface area contributed by atoms with Gasteiger partial charge < -0.3 is 10.1 Å². The van der Waals surface area contributed by atoms with Crippen molar-refractivity contribution in [2.45, 2.75) is 38.1 Å². The molecular formula is C17H23NO. The van der Waals surface area contributed by atoms with Crippen molar-refractivity contribution in [2.75, 3.05) is 13.2 Å². The molecule has 2 saturated carbocycles. The smallest absolute Gasteiger partial charge is 0.124 e. The van der Waals surface area contributed by atoms with Gasteiger partial charge in [-0.2, -0.15) is 0 Å². The highest BCUT2D eigenvalue weighted by molar-refractivity contribution is 5.37. The van der Waals surface area contributed by atoms with Crippen LogP contribution >= 0.6 is 0 Å². The van der Waals surface area contributed by atoms with Gasteiger partial charge >= 0.3 is 0 Å². The number of nitrogens with one attached hydrogen (secondary N) is 1. The third-order valence-electron chi connectivity index (χ3n) is 5.01. The Morgan fingerprint density at radius 1 is 1.05 bits per heavy atom. The minimum Gasteiger partial charge on any atom is -0.493 e. The van der Waals surface area contributed by atoms with E-state index in [1.165, 1.54) is 37.8 Å². The lowest BCUT2D eigenvalue weighted by atomic mass is 9.95. The van der Waals surface area contributed by atoms with Crippen molar-refractivity contribution in [3.05, 3.63) is 29.8 Å². The monoisotopic (exact) mass is 257 g/mol. The molecule has 1 aromatic carbocycles. The Labute approximate surface area is 115 Å². The summed E-state index contributed by atoms with van der Waals surface area (Å²) in [6.45, 7) is 2.07. The molecule has 2 aliphatic carbocycles. The first kappa shape index (κ1) is 11.8. The fourth-order valence-electron chi connectivity index (χ4n) is 3.60. The first-order valence-corrected chi connectivity index (χ1v) is 7.87. The molecule has 102 valence electrons. The van der Waals surface area contributed by atoms with Crippen LogP contribution in [0, 0.1) is 17.8 Å². The van der Waals surface area contributed by atoms with E-state index in [4.69, 9.17) is 4.74 Å². The number of hydrogen-bond donors (Lipinski definition) is 1. The Hall–Kier alpha value is -1.02. The summed E-state index contributed by atoms with van der Waals surface area (Å²) in [7, 11) is 0. The molecule has 19 heavy (non-hydrogen) atoms. The van der Waals surface area contributed by atoms with Gasteiger partial charge in [-0.05, 0) is 56.0 Å². The van der Waals surface area contributed by atoms with Gasteiger partial charge in [-0.3, -0.25) is 0 Å². The third kappa shape index (κ3) is 2.51. The summed E-state index contributed by atoms with van der Waals surface area (Å²) in [5, 5.41) is 3.84. The molecule has 1 unspecified atom stereocenters. The van der Waals surface area contributed by atoms with E-state index < -0.39 is 0 Å². The summed E-state index contributed by atoms with van der Waals surface area (Å²) in [6, 6.07) is 9.02. The zero-order chi connectivity index (χ0) is 12.7. The second kappa shape index (κ2) is 4.82. The molecule has 1 aromatic rings. The van der Waals surface area contributed by atoms with Gasteiger partial charge in [0.25, 0.3) is 0 Å². The third-order valence-corrected chi connectivity index (χ3v) is 5.01. The van der Waals surface area contributed by atoms with Gasteiger partial charge in [0.1, 0.15) is 5.75 Å².